The van der Waals surface area contributed by atoms with E-state index in [-0.39, 0.29) is 18.0 Å². The summed E-state index contributed by atoms with van der Waals surface area (Å²) in [6, 6.07) is 18.9. The molecule has 0 saturated heterocycles. The molecule has 7 heteroatoms. The molecule has 0 fully saturated rings. The highest BCUT2D eigenvalue weighted by Crippen LogP contribution is 2.31. The lowest BCUT2D eigenvalue weighted by Crippen LogP contribution is -2.35. The van der Waals surface area contributed by atoms with Gasteiger partial charge in [0.2, 0.25) is 5.91 Å². The number of benzene rings is 2. The minimum absolute atomic E-state index is 0.0157. The van der Waals surface area contributed by atoms with Gasteiger partial charge in [0.15, 0.2) is 5.16 Å². The zero-order valence-corrected chi connectivity index (χ0v) is 17.8. The van der Waals surface area contributed by atoms with Crippen LogP contribution in [0.2, 0.25) is 0 Å². The van der Waals surface area contributed by atoms with E-state index in [1.165, 1.54) is 17.3 Å². The van der Waals surface area contributed by atoms with E-state index in [4.69, 9.17) is 9.40 Å². The molecule has 4 aromatic rings. The van der Waals surface area contributed by atoms with Gasteiger partial charge in [-0.25, -0.2) is 4.98 Å². The lowest BCUT2D eigenvalue weighted by atomic mass is 10.2. The smallest absolute Gasteiger partial charge is 0.262 e. The van der Waals surface area contributed by atoms with Gasteiger partial charge in [0, 0.05) is 12.2 Å². The largest absolute Gasteiger partial charge is 0.467 e. The van der Waals surface area contributed by atoms with Gasteiger partial charge in [0.25, 0.3) is 5.56 Å². The highest BCUT2D eigenvalue weighted by atomic mass is 32.2. The minimum Gasteiger partial charge on any atom is -0.467 e. The molecule has 0 aliphatic carbocycles. The highest BCUT2D eigenvalue weighted by molar-refractivity contribution is 8.00. The topological polar surface area (TPSA) is 68.3 Å². The maximum absolute atomic E-state index is 13.3. The fraction of sp³-hybridized carbons (Fsp3) is 0.208. The van der Waals surface area contributed by atoms with Crippen LogP contribution in [0.1, 0.15) is 18.2 Å². The third-order valence-corrected chi connectivity index (χ3v) is 6.58. The van der Waals surface area contributed by atoms with Crippen LogP contribution >= 0.6 is 11.8 Å². The number of carbonyl (C=O) groups is 1. The maximum Gasteiger partial charge on any atom is 0.262 e. The van der Waals surface area contributed by atoms with Crippen molar-refractivity contribution in [2.75, 3.05) is 11.4 Å². The molecule has 1 amide bonds. The van der Waals surface area contributed by atoms with Gasteiger partial charge in [0.05, 0.1) is 29.0 Å². The monoisotopic (exact) mass is 431 g/mol. The number of hydrogen-bond acceptors (Lipinski definition) is 5. The van der Waals surface area contributed by atoms with Crippen LogP contribution in [0, 0.1) is 0 Å². The first kappa shape index (κ1) is 19.6. The van der Waals surface area contributed by atoms with Gasteiger partial charge in [-0.2, -0.15) is 0 Å². The van der Waals surface area contributed by atoms with Gasteiger partial charge in [-0.15, -0.1) is 0 Å². The SMILES string of the molecule is C[C@@H](Sc1nc2ccccc2c(=O)n1Cc1ccco1)C(=O)N1CCc2ccccc21. The standard InChI is InChI=1S/C24H21N3O3S/c1-16(22(28)26-13-12-17-7-2-5-11-21(17)26)31-24-25-20-10-4-3-9-19(20)23(29)27(24)15-18-8-6-14-30-18/h2-11,14,16H,12-13,15H2,1H3/t16-/m1/s1. The molecule has 0 N–H and O–H groups in total. The third-order valence-electron chi connectivity index (χ3n) is 5.50. The number of anilines is 1. The van der Waals surface area contributed by atoms with Crippen molar-refractivity contribution in [3.05, 3.63) is 88.6 Å². The van der Waals surface area contributed by atoms with E-state index in [2.05, 4.69) is 6.07 Å². The van der Waals surface area contributed by atoms with Crippen LogP contribution in [0.25, 0.3) is 10.9 Å². The second-order valence-electron chi connectivity index (χ2n) is 7.51. The zero-order valence-electron chi connectivity index (χ0n) is 17.0. The van der Waals surface area contributed by atoms with E-state index in [0.717, 1.165) is 12.1 Å². The molecule has 1 aliphatic rings. The maximum atomic E-state index is 13.3. The molecular weight excluding hydrogens is 410 g/mol. The van der Waals surface area contributed by atoms with E-state index in [1.807, 2.05) is 54.3 Å². The fourth-order valence-corrected chi connectivity index (χ4v) is 4.90. The molecule has 3 heterocycles. The van der Waals surface area contributed by atoms with E-state index in [1.54, 1.807) is 23.0 Å². The number of nitrogens with zero attached hydrogens (tertiary/aromatic N) is 3. The average Bonchev–Trinajstić information content (AvgIpc) is 3.46. The predicted octanol–water partition coefficient (Wildman–Crippen LogP) is 4.11. The molecule has 6 nitrogen and oxygen atoms in total. The van der Waals surface area contributed by atoms with Crippen molar-refractivity contribution in [3.63, 3.8) is 0 Å². The number of thioether (sulfide) groups is 1. The Morgan fingerprint density at radius 1 is 1.13 bits per heavy atom. The quantitative estimate of drug-likeness (QED) is 0.351. The van der Waals surface area contributed by atoms with Gasteiger partial charge in [-0.05, 0) is 49.2 Å². The Morgan fingerprint density at radius 3 is 2.77 bits per heavy atom. The van der Waals surface area contributed by atoms with Gasteiger partial charge in [0.1, 0.15) is 5.76 Å². The van der Waals surface area contributed by atoms with Crippen LogP contribution in [0.15, 0.2) is 81.3 Å². The van der Waals surface area contributed by atoms with Crippen LogP contribution < -0.4 is 10.5 Å². The van der Waals surface area contributed by atoms with Gasteiger partial charge >= 0.3 is 0 Å². The summed E-state index contributed by atoms with van der Waals surface area (Å²) in [6.45, 7) is 2.80. The number of hydrogen-bond donors (Lipinski definition) is 0. The molecule has 0 bridgehead atoms. The summed E-state index contributed by atoms with van der Waals surface area (Å²) in [5, 5.41) is 0.654. The normalized spacial score (nSPS) is 14.0. The van der Waals surface area contributed by atoms with E-state index >= 15 is 0 Å². The number of para-hydroxylation sites is 2. The Bertz CT molecular complexity index is 1310. The van der Waals surface area contributed by atoms with Crippen molar-refractivity contribution in [2.45, 2.75) is 30.3 Å². The molecule has 5 rings (SSSR count). The first-order valence-corrected chi connectivity index (χ1v) is 11.1. The summed E-state index contributed by atoms with van der Waals surface area (Å²) in [5.74, 6) is 0.676. The highest BCUT2D eigenvalue weighted by Gasteiger charge is 2.29. The Labute approximate surface area is 183 Å². The first-order valence-electron chi connectivity index (χ1n) is 10.2. The van der Waals surface area contributed by atoms with Crippen LogP contribution in [0.3, 0.4) is 0 Å². The number of carbonyl (C=O) groups excluding carboxylic acids is 1. The summed E-state index contributed by atoms with van der Waals surface area (Å²) in [6.07, 6.45) is 2.44. The molecular formula is C24H21N3O3S. The molecule has 156 valence electrons. The number of amides is 1. The van der Waals surface area contributed by atoms with E-state index in [0.29, 0.717) is 28.4 Å². The molecule has 1 aliphatic heterocycles. The molecule has 1 atom stereocenters. The summed E-state index contributed by atoms with van der Waals surface area (Å²) >= 11 is 1.31. The van der Waals surface area contributed by atoms with E-state index in [9.17, 15) is 9.59 Å². The van der Waals surface area contributed by atoms with E-state index < -0.39 is 5.25 Å². The molecule has 31 heavy (non-hydrogen) atoms. The fourth-order valence-electron chi connectivity index (χ4n) is 3.93. The van der Waals surface area contributed by atoms with Gasteiger partial charge in [-0.3, -0.25) is 14.2 Å². The second-order valence-corrected chi connectivity index (χ2v) is 8.82. The summed E-state index contributed by atoms with van der Waals surface area (Å²) < 4.78 is 7.05. The van der Waals surface area contributed by atoms with Crippen molar-refractivity contribution >= 4 is 34.3 Å². The lowest BCUT2D eigenvalue weighted by Gasteiger charge is -2.22. The summed E-state index contributed by atoms with van der Waals surface area (Å²) in [5.41, 5.74) is 2.64. The van der Waals surface area contributed by atoms with Crippen molar-refractivity contribution in [1.29, 1.82) is 0 Å². The molecule has 2 aromatic carbocycles. The van der Waals surface area contributed by atoms with Crippen LogP contribution in [0.4, 0.5) is 5.69 Å². The number of rotatable bonds is 5. The molecule has 0 unspecified atom stereocenters. The molecule has 0 spiro atoms. The Hall–Kier alpha value is -3.32. The second kappa shape index (κ2) is 8.07. The third kappa shape index (κ3) is 3.65. The van der Waals surface area contributed by atoms with Crippen molar-refractivity contribution in [1.82, 2.24) is 9.55 Å². The average molecular weight is 432 g/mol. The van der Waals surface area contributed by atoms with Crippen LogP contribution in [-0.2, 0) is 17.8 Å². The number of fused-ring (bicyclic) bond motifs is 2. The predicted molar refractivity (Wildman–Crippen MR) is 122 cm³/mol. The summed E-state index contributed by atoms with van der Waals surface area (Å²) in [7, 11) is 0. The van der Waals surface area contributed by atoms with Crippen molar-refractivity contribution < 1.29 is 9.21 Å². The molecule has 2 aromatic heterocycles. The van der Waals surface area contributed by atoms with Crippen molar-refractivity contribution in [3.8, 4) is 0 Å². The van der Waals surface area contributed by atoms with Crippen LogP contribution in [-0.4, -0.2) is 27.3 Å². The zero-order chi connectivity index (χ0) is 21.4. The Kier molecular flexibility index (Phi) is 5.11. The summed E-state index contributed by atoms with van der Waals surface area (Å²) in [4.78, 5) is 33.0. The first-order chi connectivity index (χ1) is 15.1. The Morgan fingerprint density at radius 2 is 1.94 bits per heavy atom. The van der Waals surface area contributed by atoms with Crippen LogP contribution in [0.5, 0.6) is 0 Å². The Balaban J connectivity index is 1.49. The number of furan rings is 1. The number of aromatic nitrogens is 2. The minimum atomic E-state index is -0.401. The van der Waals surface area contributed by atoms with Gasteiger partial charge < -0.3 is 9.32 Å². The lowest BCUT2D eigenvalue weighted by molar-refractivity contribution is -0.117. The molecule has 0 radical (unpaired) electrons. The van der Waals surface area contributed by atoms with Crippen molar-refractivity contribution in [2.24, 2.45) is 0 Å². The van der Waals surface area contributed by atoms with Gasteiger partial charge in [-0.1, -0.05) is 42.1 Å². The molecule has 0 saturated carbocycles.